The Bertz CT molecular complexity index is 128. The molecule has 0 heterocycles. The fraction of sp³-hybridized carbons (Fsp3) is 1.00. The van der Waals surface area contributed by atoms with Gasteiger partial charge in [0.15, 0.2) is 0 Å². The van der Waals surface area contributed by atoms with E-state index in [1.54, 1.807) is 6.92 Å². The number of rotatable bonds is 1. The monoisotopic (exact) mass is 184 g/mol. The van der Waals surface area contributed by atoms with Crippen molar-refractivity contribution >= 4 is 7.82 Å². The standard InChI is InChI=1S/C4H11NO.H3O4P/c1-3-4(2,5)6;1-5(2,3)4/h6H,3,5H2,1-2H3;(H3,1,2,3,4)/p-3. The van der Waals surface area contributed by atoms with Crippen LogP contribution in [0.3, 0.4) is 0 Å². The predicted octanol–water partition coefficient (Wildman–Crippen LogP) is -2.76. The van der Waals surface area contributed by atoms with Crippen molar-refractivity contribution in [3.8, 4) is 0 Å². The lowest BCUT2D eigenvalue weighted by Crippen LogP contribution is -2.34. The van der Waals surface area contributed by atoms with E-state index < -0.39 is 13.5 Å². The molecule has 0 spiro atoms. The number of hydrogen-bond donors (Lipinski definition) is 2. The summed E-state index contributed by atoms with van der Waals surface area (Å²) >= 11 is 0. The highest BCUT2D eigenvalue weighted by Gasteiger charge is 2.06. The summed E-state index contributed by atoms with van der Waals surface area (Å²) in [6.45, 7) is 3.41. The molecule has 1 atom stereocenters. The van der Waals surface area contributed by atoms with E-state index >= 15 is 0 Å². The molecule has 0 aromatic rings. The van der Waals surface area contributed by atoms with Gasteiger partial charge in [-0.1, -0.05) is 6.92 Å². The molecule has 0 amide bonds. The van der Waals surface area contributed by atoms with Gasteiger partial charge in [-0.05, 0) is 13.3 Å². The van der Waals surface area contributed by atoms with Crippen LogP contribution in [0.25, 0.3) is 0 Å². The molecule has 0 saturated heterocycles. The summed E-state index contributed by atoms with van der Waals surface area (Å²) in [6.07, 6.45) is 0.604. The second-order valence-corrected chi connectivity index (χ2v) is 3.05. The van der Waals surface area contributed by atoms with Crippen molar-refractivity contribution in [1.82, 2.24) is 0 Å². The molecule has 11 heavy (non-hydrogen) atoms. The lowest BCUT2D eigenvalue weighted by atomic mass is 10.2. The van der Waals surface area contributed by atoms with E-state index in [0.29, 0.717) is 6.42 Å². The minimum absolute atomic E-state index is 0.604. The maximum atomic E-state index is 8.60. The summed E-state index contributed by atoms with van der Waals surface area (Å²) in [5, 5.41) is 8.60. The van der Waals surface area contributed by atoms with E-state index in [-0.39, 0.29) is 0 Å². The summed E-state index contributed by atoms with van der Waals surface area (Å²) in [5.41, 5.74) is 4.13. The Morgan fingerprint density at radius 2 is 1.64 bits per heavy atom. The fourth-order valence-electron chi connectivity index (χ4n) is 0. The molecular weight excluding hydrogens is 173 g/mol. The van der Waals surface area contributed by atoms with Gasteiger partial charge in [-0.2, -0.15) is 7.82 Å². The minimum Gasteiger partial charge on any atom is -0.822 e. The summed E-state index contributed by atoms with van der Waals surface area (Å²) in [6, 6.07) is 0. The van der Waals surface area contributed by atoms with Crippen LogP contribution in [0.1, 0.15) is 20.3 Å². The highest BCUT2D eigenvalue weighted by atomic mass is 31.2. The second-order valence-electron chi connectivity index (χ2n) is 2.16. The molecule has 3 N–H and O–H groups in total. The van der Waals surface area contributed by atoms with Crippen molar-refractivity contribution in [3.05, 3.63) is 0 Å². The molecule has 0 saturated carbocycles. The highest BCUT2D eigenvalue weighted by molar-refractivity contribution is 7.40. The van der Waals surface area contributed by atoms with E-state index in [2.05, 4.69) is 0 Å². The maximum absolute atomic E-state index is 8.60. The third-order valence-electron chi connectivity index (χ3n) is 0.716. The smallest absolute Gasteiger partial charge is 0.110 e. The van der Waals surface area contributed by atoms with Crippen molar-refractivity contribution in [3.63, 3.8) is 0 Å². The molecule has 0 radical (unpaired) electrons. The second kappa shape index (κ2) is 4.82. The van der Waals surface area contributed by atoms with E-state index in [0.717, 1.165) is 0 Å². The van der Waals surface area contributed by atoms with Gasteiger partial charge in [0.05, 0.1) is 0 Å². The molecule has 0 aromatic heterocycles. The SMILES string of the molecule is CCC(C)(N)O.O=P([O-])([O-])[O-]. The van der Waals surface area contributed by atoms with Crippen LogP contribution in [0.15, 0.2) is 0 Å². The zero-order valence-electron chi connectivity index (χ0n) is 6.31. The topological polar surface area (TPSA) is 132 Å². The Morgan fingerprint density at radius 3 is 1.64 bits per heavy atom. The molecule has 0 aliphatic rings. The number of nitrogens with two attached hydrogens (primary N) is 1. The van der Waals surface area contributed by atoms with Crippen molar-refractivity contribution in [1.29, 1.82) is 0 Å². The maximum Gasteiger partial charge on any atom is 0.110 e. The van der Waals surface area contributed by atoms with Gasteiger partial charge >= 0.3 is 0 Å². The van der Waals surface area contributed by atoms with Crippen LogP contribution < -0.4 is 20.4 Å². The molecule has 7 heteroatoms. The average Bonchev–Trinajstić information content (AvgIpc) is 1.59. The van der Waals surface area contributed by atoms with Gasteiger partial charge in [0.2, 0.25) is 0 Å². The highest BCUT2D eigenvalue weighted by Crippen LogP contribution is 2.03. The van der Waals surface area contributed by atoms with Gasteiger partial charge in [-0.15, -0.1) is 0 Å². The largest absolute Gasteiger partial charge is 0.822 e. The Balaban J connectivity index is 0. The summed E-state index contributed by atoms with van der Waals surface area (Å²) < 4.78 is 8.55. The fourth-order valence-corrected chi connectivity index (χ4v) is 0. The number of hydrogen-bond acceptors (Lipinski definition) is 6. The molecule has 70 valence electrons. The Labute approximate surface area is 64.9 Å². The molecule has 0 aliphatic heterocycles. The summed E-state index contributed by atoms with van der Waals surface area (Å²) in [5.74, 6) is 0. The third-order valence-corrected chi connectivity index (χ3v) is 0.716. The Kier molecular flexibility index (Phi) is 5.96. The summed E-state index contributed by atoms with van der Waals surface area (Å²) in [4.78, 5) is 25.6. The first-order valence-corrected chi connectivity index (χ1v) is 4.26. The zero-order chi connectivity index (χ0) is 9.71. The van der Waals surface area contributed by atoms with Crippen LogP contribution in [-0.4, -0.2) is 10.8 Å². The minimum atomic E-state index is -5.39. The summed E-state index contributed by atoms with van der Waals surface area (Å²) in [7, 11) is -5.39. The van der Waals surface area contributed by atoms with Crippen molar-refractivity contribution < 1.29 is 24.4 Å². The quantitative estimate of drug-likeness (QED) is 0.335. The lowest BCUT2D eigenvalue weighted by Gasteiger charge is -2.36. The van der Waals surface area contributed by atoms with Crippen LogP contribution >= 0.6 is 7.82 Å². The molecule has 1 unspecified atom stereocenters. The van der Waals surface area contributed by atoms with E-state index in [1.165, 1.54) is 0 Å². The Morgan fingerprint density at radius 1 is 1.55 bits per heavy atom. The van der Waals surface area contributed by atoms with Crippen LogP contribution in [0.5, 0.6) is 0 Å². The predicted molar refractivity (Wildman–Crippen MR) is 32.7 cm³/mol. The van der Waals surface area contributed by atoms with Crippen LogP contribution in [0.4, 0.5) is 0 Å². The van der Waals surface area contributed by atoms with Crippen molar-refractivity contribution in [2.75, 3.05) is 0 Å². The first kappa shape index (κ1) is 13.6. The molecule has 0 aliphatic carbocycles. The third kappa shape index (κ3) is 70.4. The number of aliphatic hydroxyl groups is 1. The van der Waals surface area contributed by atoms with Crippen LogP contribution in [0.2, 0.25) is 0 Å². The first-order chi connectivity index (χ1) is 4.56. The average molecular weight is 184 g/mol. The number of phosphoric acid groups is 1. The van der Waals surface area contributed by atoms with E-state index in [9.17, 15) is 0 Å². The molecule has 0 rings (SSSR count). The van der Waals surface area contributed by atoms with Crippen LogP contribution in [-0.2, 0) is 4.57 Å². The van der Waals surface area contributed by atoms with Gasteiger partial charge < -0.3 is 30.1 Å². The van der Waals surface area contributed by atoms with Crippen LogP contribution in [0, 0.1) is 0 Å². The van der Waals surface area contributed by atoms with E-state index in [4.69, 9.17) is 30.1 Å². The Hall–Kier alpha value is 0.0300. The normalized spacial score (nSPS) is 16.3. The van der Waals surface area contributed by atoms with Gasteiger partial charge in [0.25, 0.3) is 0 Å². The zero-order valence-corrected chi connectivity index (χ0v) is 7.21. The molecule has 6 nitrogen and oxygen atoms in total. The molecule has 0 aromatic carbocycles. The lowest BCUT2D eigenvalue weighted by molar-refractivity contribution is -0.432. The molecule has 0 bridgehead atoms. The van der Waals surface area contributed by atoms with Gasteiger partial charge in [-0.3, -0.25) is 0 Å². The van der Waals surface area contributed by atoms with Gasteiger partial charge in [0.1, 0.15) is 5.72 Å². The van der Waals surface area contributed by atoms with E-state index in [1.807, 2.05) is 6.92 Å². The van der Waals surface area contributed by atoms with Gasteiger partial charge in [-0.25, -0.2) is 0 Å². The molecule has 0 fully saturated rings. The van der Waals surface area contributed by atoms with Gasteiger partial charge in [0, 0.05) is 0 Å². The van der Waals surface area contributed by atoms with Crippen molar-refractivity contribution in [2.45, 2.75) is 26.0 Å². The first-order valence-electron chi connectivity index (χ1n) is 2.80. The molecular formula is C4H11NO5P-3. The van der Waals surface area contributed by atoms with Crippen molar-refractivity contribution in [2.24, 2.45) is 5.73 Å².